The van der Waals surface area contributed by atoms with Crippen LogP contribution >= 0.6 is 11.6 Å². The number of carbonyl (C=O) groups is 2. The number of nitrogens with zero attached hydrogens (tertiary/aromatic N) is 3. The Balaban J connectivity index is 1.42. The second kappa shape index (κ2) is 9.19. The molecule has 2 aromatic rings. The van der Waals surface area contributed by atoms with E-state index in [0.717, 1.165) is 18.4 Å². The van der Waals surface area contributed by atoms with Gasteiger partial charge in [0.05, 0.1) is 10.9 Å². The molecule has 1 saturated carbocycles. The van der Waals surface area contributed by atoms with Gasteiger partial charge in [0.2, 0.25) is 0 Å². The Bertz CT molecular complexity index is 1080. The van der Waals surface area contributed by atoms with Gasteiger partial charge in [0.1, 0.15) is 5.69 Å². The van der Waals surface area contributed by atoms with Crippen LogP contribution in [0.5, 0.6) is 0 Å². The average Bonchev–Trinajstić information content (AvgIpc) is 3.43. The number of halogens is 1. The first kappa shape index (κ1) is 23.9. The number of rotatable bonds is 9. The molecule has 1 aliphatic heterocycles. The van der Waals surface area contributed by atoms with E-state index in [0.29, 0.717) is 49.9 Å². The van der Waals surface area contributed by atoms with Crippen molar-refractivity contribution in [1.82, 2.24) is 19.8 Å². The minimum absolute atomic E-state index is 0.176. The van der Waals surface area contributed by atoms with Crippen molar-refractivity contribution >= 4 is 34.2 Å². The molecule has 178 valence electrons. The molecule has 1 atom stereocenters. The molecule has 10 heteroatoms. The second-order valence-corrected chi connectivity index (χ2v) is 12.3. The molecule has 0 spiro atoms. The van der Waals surface area contributed by atoms with E-state index in [9.17, 15) is 13.8 Å². The molecule has 0 bridgehead atoms. The number of nitrogens with one attached hydrogen (secondary N) is 1. The minimum Gasteiger partial charge on any atom is -0.345 e. The number of aromatic nitrogens is 2. The topological polar surface area (TPSA) is 110 Å². The lowest BCUT2D eigenvalue weighted by Gasteiger charge is -2.35. The Morgan fingerprint density at radius 2 is 1.97 bits per heavy atom. The standard InChI is InChI=1S/C23H30ClN5O3S/c1-22(2,9-10-25)33(32)23(7-8-23)15-28-11-12-29-18(21(28)31)14-26-19(29)20(30)27-13-16-3-5-17(24)6-4-16/h3-6,14H,7-13,15,25H2,1-2H3,(H,27,30). The molecule has 2 heterocycles. The maximum Gasteiger partial charge on any atom is 0.287 e. The SMILES string of the molecule is CC(C)(CCN)S(=O)C1(CN2CCn3c(cnc3C(=O)NCc3ccc(Cl)cc3)C2=O)CC1. The van der Waals surface area contributed by atoms with Crippen LogP contribution in [0.1, 0.15) is 59.8 Å². The maximum atomic E-state index is 13.3. The number of benzene rings is 1. The molecule has 2 aliphatic rings. The van der Waals surface area contributed by atoms with Crippen LogP contribution in [-0.4, -0.2) is 59.6 Å². The molecule has 1 fully saturated rings. The Morgan fingerprint density at radius 3 is 2.61 bits per heavy atom. The number of fused-ring (bicyclic) bond motifs is 1. The third-order valence-corrected chi connectivity index (χ3v) is 9.24. The molecule has 1 aromatic carbocycles. The maximum absolute atomic E-state index is 13.3. The summed E-state index contributed by atoms with van der Waals surface area (Å²) in [7, 11) is -1.10. The van der Waals surface area contributed by atoms with Gasteiger partial charge in [-0.3, -0.25) is 13.8 Å². The molecule has 1 aromatic heterocycles. The fraction of sp³-hybridized carbons (Fsp3) is 0.522. The predicted octanol–water partition coefficient (Wildman–Crippen LogP) is 2.33. The highest BCUT2D eigenvalue weighted by molar-refractivity contribution is 7.88. The molecular formula is C23H30ClN5O3S. The third-order valence-electron chi connectivity index (χ3n) is 6.45. The van der Waals surface area contributed by atoms with Gasteiger partial charge in [0.25, 0.3) is 11.8 Å². The largest absolute Gasteiger partial charge is 0.345 e. The van der Waals surface area contributed by atoms with Gasteiger partial charge < -0.3 is 20.5 Å². The number of hydrogen-bond donors (Lipinski definition) is 2. The summed E-state index contributed by atoms with van der Waals surface area (Å²) in [5.74, 6) is -0.285. The van der Waals surface area contributed by atoms with Gasteiger partial charge in [-0.15, -0.1) is 0 Å². The number of nitrogens with two attached hydrogens (primary N) is 1. The van der Waals surface area contributed by atoms with Gasteiger partial charge in [-0.25, -0.2) is 4.98 Å². The lowest BCUT2D eigenvalue weighted by atomic mass is 10.1. The summed E-state index contributed by atoms with van der Waals surface area (Å²) < 4.78 is 14.2. The van der Waals surface area contributed by atoms with E-state index in [1.807, 2.05) is 26.0 Å². The van der Waals surface area contributed by atoms with Crippen molar-refractivity contribution in [3.63, 3.8) is 0 Å². The zero-order chi connectivity index (χ0) is 23.8. The fourth-order valence-electron chi connectivity index (χ4n) is 4.37. The van der Waals surface area contributed by atoms with Gasteiger partial charge in [0.15, 0.2) is 5.82 Å². The van der Waals surface area contributed by atoms with E-state index in [1.54, 1.807) is 21.6 Å². The van der Waals surface area contributed by atoms with E-state index >= 15 is 0 Å². The van der Waals surface area contributed by atoms with Crippen LogP contribution in [0.15, 0.2) is 30.5 Å². The van der Waals surface area contributed by atoms with Crippen molar-refractivity contribution in [1.29, 1.82) is 0 Å². The van der Waals surface area contributed by atoms with Crippen molar-refractivity contribution in [2.75, 3.05) is 19.6 Å². The van der Waals surface area contributed by atoms with Crippen LogP contribution in [0.4, 0.5) is 0 Å². The lowest BCUT2D eigenvalue weighted by Crippen LogP contribution is -2.49. The zero-order valence-electron chi connectivity index (χ0n) is 19.0. The first-order valence-electron chi connectivity index (χ1n) is 11.2. The van der Waals surface area contributed by atoms with Crippen LogP contribution in [0.3, 0.4) is 0 Å². The summed E-state index contributed by atoms with van der Waals surface area (Å²) in [5, 5.41) is 3.48. The number of hydrogen-bond acceptors (Lipinski definition) is 5. The molecule has 4 rings (SSSR count). The van der Waals surface area contributed by atoms with Crippen LogP contribution < -0.4 is 11.1 Å². The van der Waals surface area contributed by atoms with Gasteiger partial charge in [-0.05, 0) is 57.4 Å². The summed E-state index contributed by atoms with van der Waals surface area (Å²) >= 11 is 5.90. The van der Waals surface area contributed by atoms with E-state index in [-0.39, 0.29) is 27.1 Å². The van der Waals surface area contributed by atoms with E-state index in [4.69, 9.17) is 17.3 Å². The van der Waals surface area contributed by atoms with Crippen LogP contribution in [0.25, 0.3) is 0 Å². The van der Waals surface area contributed by atoms with Gasteiger partial charge in [-0.2, -0.15) is 0 Å². The highest BCUT2D eigenvalue weighted by Gasteiger charge is 2.54. The Hall–Kier alpha value is -2.23. The number of amides is 2. The molecule has 0 radical (unpaired) electrons. The first-order chi connectivity index (χ1) is 15.7. The van der Waals surface area contributed by atoms with Crippen molar-refractivity contribution in [3.05, 3.63) is 52.6 Å². The van der Waals surface area contributed by atoms with Crippen LogP contribution in [-0.2, 0) is 23.9 Å². The molecule has 2 amide bonds. The molecule has 1 unspecified atom stereocenters. The van der Waals surface area contributed by atoms with Crippen molar-refractivity contribution in [3.8, 4) is 0 Å². The summed E-state index contributed by atoms with van der Waals surface area (Å²) in [6.45, 7) is 6.17. The normalized spacial score (nSPS) is 18.1. The molecule has 33 heavy (non-hydrogen) atoms. The Kier molecular flexibility index (Phi) is 6.66. The predicted molar refractivity (Wildman–Crippen MR) is 129 cm³/mol. The second-order valence-electron chi connectivity index (χ2n) is 9.40. The van der Waals surface area contributed by atoms with Gasteiger partial charge >= 0.3 is 0 Å². The van der Waals surface area contributed by atoms with Gasteiger partial charge in [0, 0.05) is 46.7 Å². The first-order valence-corrected chi connectivity index (χ1v) is 12.7. The van der Waals surface area contributed by atoms with Crippen LogP contribution in [0, 0.1) is 0 Å². The summed E-state index contributed by atoms with van der Waals surface area (Å²) in [4.78, 5) is 31.9. The third kappa shape index (κ3) is 4.85. The van der Waals surface area contributed by atoms with Crippen LogP contribution in [0.2, 0.25) is 5.02 Å². The van der Waals surface area contributed by atoms with Crippen molar-refractivity contribution in [2.24, 2.45) is 5.73 Å². The fourth-order valence-corrected chi connectivity index (χ4v) is 6.72. The number of carbonyl (C=O) groups excluding carboxylic acids is 2. The van der Waals surface area contributed by atoms with E-state index in [2.05, 4.69) is 10.3 Å². The van der Waals surface area contributed by atoms with Crippen molar-refractivity contribution in [2.45, 2.75) is 55.7 Å². The van der Waals surface area contributed by atoms with Gasteiger partial charge in [-0.1, -0.05) is 23.7 Å². The molecule has 3 N–H and O–H groups in total. The van der Waals surface area contributed by atoms with Crippen molar-refractivity contribution < 1.29 is 13.8 Å². The minimum atomic E-state index is -1.10. The van der Waals surface area contributed by atoms with E-state index < -0.39 is 10.8 Å². The summed E-state index contributed by atoms with van der Waals surface area (Å²) in [5.41, 5.74) is 7.02. The highest BCUT2D eigenvalue weighted by atomic mass is 35.5. The Labute approximate surface area is 201 Å². The zero-order valence-corrected chi connectivity index (χ0v) is 20.5. The summed E-state index contributed by atoms with van der Waals surface area (Å²) in [6, 6.07) is 7.23. The highest BCUT2D eigenvalue weighted by Crippen LogP contribution is 2.47. The lowest BCUT2D eigenvalue weighted by molar-refractivity contribution is 0.0698. The molecule has 0 saturated heterocycles. The smallest absolute Gasteiger partial charge is 0.287 e. The quantitative estimate of drug-likeness (QED) is 0.559. The Morgan fingerprint density at radius 1 is 1.27 bits per heavy atom. The molecule has 1 aliphatic carbocycles. The molecule has 8 nitrogen and oxygen atoms in total. The van der Waals surface area contributed by atoms with E-state index in [1.165, 1.54) is 6.20 Å². The summed E-state index contributed by atoms with van der Waals surface area (Å²) in [6.07, 6.45) is 3.82. The number of imidazole rings is 1. The molecular weight excluding hydrogens is 462 g/mol. The average molecular weight is 492 g/mol. The monoisotopic (exact) mass is 491 g/mol.